The van der Waals surface area contributed by atoms with E-state index in [0.717, 1.165) is 16.8 Å². The lowest BCUT2D eigenvalue weighted by Crippen LogP contribution is -2.32. The fourth-order valence-electron chi connectivity index (χ4n) is 1.64. The van der Waals surface area contributed by atoms with Gasteiger partial charge >= 0.3 is 6.09 Å². The maximum atomic E-state index is 11.5. The van der Waals surface area contributed by atoms with Gasteiger partial charge in [-0.2, -0.15) is 0 Å². The van der Waals surface area contributed by atoms with Gasteiger partial charge in [0.15, 0.2) is 0 Å². The molecule has 20 heavy (non-hydrogen) atoms. The quantitative estimate of drug-likeness (QED) is 0.934. The zero-order chi connectivity index (χ0) is 14.6. The molecule has 2 rings (SSSR count). The Bertz CT molecular complexity index is 557. The van der Waals surface area contributed by atoms with Crippen LogP contribution in [0.5, 0.6) is 0 Å². The highest BCUT2D eigenvalue weighted by Gasteiger charge is 2.15. The van der Waals surface area contributed by atoms with Gasteiger partial charge in [-0.3, -0.25) is 0 Å². The van der Waals surface area contributed by atoms with Gasteiger partial charge in [0, 0.05) is 17.5 Å². The molecule has 1 amide bonds. The molecule has 0 saturated heterocycles. The molecule has 1 aromatic heterocycles. The van der Waals surface area contributed by atoms with Crippen LogP contribution in [0.15, 0.2) is 35.2 Å². The fourth-order valence-corrected chi connectivity index (χ4v) is 2.20. The molecule has 0 radical (unpaired) electrons. The van der Waals surface area contributed by atoms with Crippen LogP contribution in [0.25, 0.3) is 11.3 Å². The van der Waals surface area contributed by atoms with Gasteiger partial charge in [-0.05, 0) is 26.3 Å². The number of hydrogen-bond donors (Lipinski definition) is 1. The molecule has 0 saturated carbocycles. The van der Waals surface area contributed by atoms with Crippen LogP contribution < -0.4 is 5.32 Å². The largest absolute Gasteiger partial charge is 0.444 e. The molecule has 1 heterocycles. The van der Waals surface area contributed by atoms with Crippen LogP contribution >= 0.6 is 11.3 Å². The molecule has 2 aromatic rings. The summed E-state index contributed by atoms with van der Waals surface area (Å²) in [6.45, 7) is 5.98. The van der Waals surface area contributed by atoms with Crippen molar-refractivity contribution in [3.63, 3.8) is 0 Å². The Kier molecular flexibility index (Phi) is 4.39. The molecule has 0 aliphatic carbocycles. The summed E-state index contributed by atoms with van der Waals surface area (Å²) < 4.78 is 5.18. The summed E-state index contributed by atoms with van der Waals surface area (Å²) in [7, 11) is 0. The summed E-state index contributed by atoms with van der Waals surface area (Å²) in [6, 6.07) is 7.96. The van der Waals surface area contributed by atoms with Gasteiger partial charge in [-0.15, -0.1) is 11.3 Å². The van der Waals surface area contributed by atoms with E-state index in [2.05, 4.69) is 10.3 Å². The standard InChI is InChI=1S/C15H18N2O2S/c1-15(2,3)19-14(18)16-8-11-4-6-12(7-5-11)13-9-20-10-17-13/h4-7,9-10H,8H2,1-3H3,(H,16,18). The molecule has 5 heteroatoms. The lowest BCUT2D eigenvalue weighted by atomic mass is 10.1. The van der Waals surface area contributed by atoms with Crippen LogP contribution in [0.2, 0.25) is 0 Å². The summed E-state index contributed by atoms with van der Waals surface area (Å²) in [5.74, 6) is 0. The second-order valence-corrected chi connectivity index (χ2v) is 6.14. The molecule has 1 N–H and O–H groups in total. The molecule has 0 fully saturated rings. The topological polar surface area (TPSA) is 51.2 Å². The fraction of sp³-hybridized carbons (Fsp3) is 0.333. The highest BCUT2D eigenvalue weighted by Crippen LogP contribution is 2.19. The van der Waals surface area contributed by atoms with E-state index >= 15 is 0 Å². The Morgan fingerprint density at radius 1 is 1.30 bits per heavy atom. The number of ether oxygens (including phenoxy) is 1. The number of alkyl carbamates (subject to hydrolysis) is 1. The minimum absolute atomic E-state index is 0.402. The maximum absolute atomic E-state index is 11.5. The number of carbonyl (C=O) groups is 1. The molecule has 0 bridgehead atoms. The number of hydrogen-bond acceptors (Lipinski definition) is 4. The van der Waals surface area contributed by atoms with Crippen LogP contribution in [-0.4, -0.2) is 16.7 Å². The number of carbonyl (C=O) groups excluding carboxylic acids is 1. The summed E-state index contributed by atoms with van der Waals surface area (Å²) in [5.41, 5.74) is 4.41. The van der Waals surface area contributed by atoms with Crippen LogP contribution in [0.4, 0.5) is 4.79 Å². The predicted octanol–water partition coefficient (Wildman–Crippen LogP) is 3.83. The molecule has 4 nitrogen and oxygen atoms in total. The number of nitrogens with zero attached hydrogens (tertiary/aromatic N) is 1. The molecule has 0 spiro atoms. The van der Waals surface area contributed by atoms with Crippen molar-refractivity contribution < 1.29 is 9.53 Å². The second kappa shape index (κ2) is 6.05. The van der Waals surface area contributed by atoms with Crippen LogP contribution in [0, 0.1) is 0 Å². The average molecular weight is 290 g/mol. The lowest BCUT2D eigenvalue weighted by molar-refractivity contribution is 0.0523. The maximum Gasteiger partial charge on any atom is 0.407 e. The van der Waals surface area contributed by atoms with E-state index in [-0.39, 0.29) is 0 Å². The number of nitrogens with one attached hydrogen (secondary N) is 1. The third-order valence-electron chi connectivity index (χ3n) is 2.52. The van der Waals surface area contributed by atoms with Crippen molar-refractivity contribution in [3.05, 3.63) is 40.7 Å². The van der Waals surface area contributed by atoms with Gasteiger partial charge in [-0.25, -0.2) is 9.78 Å². The van der Waals surface area contributed by atoms with Gasteiger partial charge in [0.25, 0.3) is 0 Å². The van der Waals surface area contributed by atoms with Crippen molar-refractivity contribution in [1.29, 1.82) is 0 Å². The smallest absolute Gasteiger partial charge is 0.407 e. The van der Waals surface area contributed by atoms with Crippen molar-refractivity contribution in [2.24, 2.45) is 0 Å². The Balaban J connectivity index is 1.90. The van der Waals surface area contributed by atoms with E-state index in [1.54, 1.807) is 11.3 Å². The average Bonchev–Trinajstić information content (AvgIpc) is 2.89. The van der Waals surface area contributed by atoms with Crippen molar-refractivity contribution in [2.45, 2.75) is 32.9 Å². The van der Waals surface area contributed by atoms with Gasteiger partial charge in [0.1, 0.15) is 5.60 Å². The molecule has 0 atom stereocenters. The zero-order valence-electron chi connectivity index (χ0n) is 11.8. The molecular weight excluding hydrogens is 272 g/mol. The Hall–Kier alpha value is -1.88. The highest BCUT2D eigenvalue weighted by molar-refractivity contribution is 7.07. The monoisotopic (exact) mass is 290 g/mol. The highest BCUT2D eigenvalue weighted by atomic mass is 32.1. The van der Waals surface area contributed by atoms with Gasteiger partial charge in [0.05, 0.1) is 11.2 Å². The van der Waals surface area contributed by atoms with Crippen molar-refractivity contribution in [2.75, 3.05) is 0 Å². The third-order valence-corrected chi connectivity index (χ3v) is 3.10. The normalized spacial score (nSPS) is 11.2. The van der Waals surface area contributed by atoms with E-state index in [1.807, 2.05) is 55.9 Å². The van der Waals surface area contributed by atoms with Gasteiger partial charge < -0.3 is 10.1 Å². The molecular formula is C15H18N2O2S. The van der Waals surface area contributed by atoms with Crippen molar-refractivity contribution in [1.82, 2.24) is 10.3 Å². The molecule has 1 aromatic carbocycles. The predicted molar refractivity (Wildman–Crippen MR) is 80.6 cm³/mol. The summed E-state index contributed by atoms with van der Waals surface area (Å²) in [5, 5.41) is 4.74. The number of amides is 1. The molecule has 0 aliphatic rings. The minimum Gasteiger partial charge on any atom is -0.444 e. The van der Waals surface area contributed by atoms with E-state index in [0.29, 0.717) is 6.54 Å². The first-order chi connectivity index (χ1) is 9.44. The Morgan fingerprint density at radius 2 is 2.00 bits per heavy atom. The summed E-state index contributed by atoms with van der Waals surface area (Å²) in [6.07, 6.45) is -0.402. The van der Waals surface area contributed by atoms with Crippen molar-refractivity contribution >= 4 is 17.4 Å². The first-order valence-corrected chi connectivity index (χ1v) is 7.33. The number of benzene rings is 1. The lowest BCUT2D eigenvalue weighted by Gasteiger charge is -2.19. The van der Waals surface area contributed by atoms with E-state index in [9.17, 15) is 4.79 Å². The minimum atomic E-state index is -0.474. The first-order valence-electron chi connectivity index (χ1n) is 6.38. The van der Waals surface area contributed by atoms with E-state index in [1.165, 1.54) is 0 Å². The summed E-state index contributed by atoms with van der Waals surface area (Å²) >= 11 is 1.57. The second-order valence-electron chi connectivity index (χ2n) is 5.43. The number of thiazole rings is 1. The van der Waals surface area contributed by atoms with Gasteiger partial charge in [0.2, 0.25) is 0 Å². The van der Waals surface area contributed by atoms with Crippen LogP contribution in [0.3, 0.4) is 0 Å². The van der Waals surface area contributed by atoms with Crippen LogP contribution in [0.1, 0.15) is 26.3 Å². The molecule has 0 aliphatic heterocycles. The SMILES string of the molecule is CC(C)(C)OC(=O)NCc1ccc(-c2cscn2)cc1. The molecule has 106 valence electrons. The Morgan fingerprint density at radius 3 is 2.55 bits per heavy atom. The number of rotatable bonds is 3. The summed E-state index contributed by atoms with van der Waals surface area (Å²) in [4.78, 5) is 15.8. The van der Waals surface area contributed by atoms with Gasteiger partial charge in [-0.1, -0.05) is 24.3 Å². The molecule has 0 unspecified atom stereocenters. The zero-order valence-corrected chi connectivity index (χ0v) is 12.7. The van der Waals surface area contributed by atoms with E-state index < -0.39 is 11.7 Å². The van der Waals surface area contributed by atoms with Crippen LogP contribution in [-0.2, 0) is 11.3 Å². The van der Waals surface area contributed by atoms with E-state index in [4.69, 9.17) is 4.74 Å². The third kappa shape index (κ3) is 4.35. The first kappa shape index (κ1) is 14.5. The van der Waals surface area contributed by atoms with Crippen molar-refractivity contribution in [3.8, 4) is 11.3 Å². The number of aromatic nitrogens is 1. The Labute approximate surface area is 122 Å².